The molecule has 2 saturated heterocycles. The lowest BCUT2D eigenvalue weighted by molar-refractivity contribution is 0.0745. The van der Waals surface area contributed by atoms with Gasteiger partial charge in [-0.1, -0.05) is 13.3 Å². The number of pyridine rings is 1. The molecule has 3 heterocycles. The third kappa shape index (κ3) is 7.51. The van der Waals surface area contributed by atoms with Crippen molar-refractivity contribution in [2.75, 3.05) is 52.4 Å². The number of aromatic nitrogens is 1. The number of aromatic amines is 1. The van der Waals surface area contributed by atoms with E-state index in [0.717, 1.165) is 29.9 Å². The van der Waals surface area contributed by atoms with Crippen LogP contribution < -0.4 is 5.56 Å². The molecule has 0 spiro atoms. The summed E-state index contributed by atoms with van der Waals surface area (Å²) in [5.74, 6) is 2.01. The molecule has 0 unspecified atom stereocenters. The highest BCUT2D eigenvalue weighted by molar-refractivity contribution is 5.08. The molecule has 5 nitrogen and oxygen atoms in total. The molecule has 30 heavy (non-hydrogen) atoms. The van der Waals surface area contributed by atoms with Crippen LogP contribution in [0.15, 0.2) is 23.1 Å². The van der Waals surface area contributed by atoms with E-state index >= 15 is 0 Å². The molecule has 0 bridgehead atoms. The molecule has 0 amide bonds. The Balaban J connectivity index is 0.000000239. The number of rotatable bonds is 6. The maximum absolute atomic E-state index is 10.6. The van der Waals surface area contributed by atoms with Crippen LogP contribution >= 0.6 is 0 Å². The van der Waals surface area contributed by atoms with E-state index in [4.69, 9.17) is 0 Å². The molecule has 170 valence electrons. The van der Waals surface area contributed by atoms with Crippen LogP contribution in [-0.2, 0) is 6.42 Å². The first-order valence-electron chi connectivity index (χ1n) is 12.4. The Morgan fingerprint density at radius 1 is 0.933 bits per heavy atom. The Morgan fingerprint density at radius 2 is 1.53 bits per heavy atom. The number of H-pyrrole nitrogens is 1. The highest BCUT2D eigenvalue weighted by Gasteiger charge is 2.26. The third-order valence-corrected chi connectivity index (χ3v) is 7.35. The average Bonchev–Trinajstić information content (AvgIpc) is 2.73. The Morgan fingerprint density at radius 3 is 2.00 bits per heavy atom. The summed E-state index contributed by atoms with van der Waals surface area (Å²) in [7, 11) is 0. The molecule has 0 atom stereocenters. The van der Waals surface area contributed by atoms with Crippen molar-refractivity contribution in [3.8, 4) is 0 Å². The van der Waals surface area contributed by atoms with Crippen molar-refractivity contribution in [3.05, 3.63) is 34.2 Å². The smallest absolute Gasteiger partial charge is 0.248 e. The van der Waals surface area contributed by atoms with E-state index < -0.39 is 0 Å². The zero-order valence-electron chi connectivity index (χ0n) is 19.6. The van der Waals surface area contributed by atoms with E-state index in [1.807, 2.05) is 13.0 Å². The van der Waals surface area contributed by atoms with Gasteiger partial charge >= 0.3 is 0 Å². The van der Waals surface area contributed by atoms with Crippen molar-refractivity contribution in [3.63, 3.8) is 0 Å². The monoisotopic (exact) mass is 416 g/mol. The second-order valence-corrected chi connectivity index (χ2v) is 9.89. The summed E-state index contributed by atoms with van der Waals surface area (Å²) in [6.45, 7) is 17.3. The molecule has 1 aliphatic carbocycles. The third-order valence-electron chi connectivity index (χ3n) is 7.35. The molecule has 2 aliphatic heterocycles. The molecule has 1 N–H and O–H groups in total. The van der Waals surface area contributed by atoms with Crippen molar-refractivity contribution in [1.29, 1.82) is 0 Å². The van der Waals surface area contributed by atoms with Crippen LogP contribution in [0.2, 0.25) is 0 Å². The minimum Gasteiger partial charge on any atom is -0.329 e. The summed E-state index contributed by atoms with van der Waals surface area (Å²) in [5, 5.41) is 0. The van der Waals surface area contributed by atoms with Gasteiger partial charge in [-0.25, -0.2) is 0 Å². The topological polar surface area (TPSA) is 42.6 Å². The summed E-state index contributed by atoms with van der Waals surface area (Å²) in [5.41, 5.74) is 1.06. The molecule has 1 aromatic heterocycles. The maximum atomic E-state index is 10.6. The number of piperidine rings is 1. The summed E-state index contributed by atoms with van der Waals surface area (Å²) in [6.07, 6.45) is 9.96. The van der Waals surface area contributed by atoms with Crippen LogP contribution in [0.5, 0.6) is 0 Å². The van der Waals surface area contributed by atoms with Gasteiger partial charge < -0.3 is 14.8 Å². The fraction of sp³-hybridized carbons (Fsp3) is 0.800. The van der Waals surface area contributed by atoms with Gasteiger partial charge in [0.15, 0.2) is 0 Å². The highest BCUT2D eigenvalue weighted by atomic mass is 16.1. The van der Waals surface area contributed by atoms with Gasteiger partial charge in [0.05, 0.1) is 0 Å². The second-order valence-electron chi connectivity index (χ2n) is 9.89. The molecule has 5 heteroatoms. The van der Waals surface area contributed by atoms with Crippen molar-refractivity contribution < 1.29 is 0 Å². The van der Waals surface area contributed by atoms with E-state index in [1.165, 1.54) is 84.5 Å². The van der Waals surface area contributed by atoms with Gasteiger partial charge in [0, 0.05) is 57.6 Å². The standard InChI is InChI=1S/C18H35N3.C7H9NO/c1-16(2)21-12-10-20(11-13-21)15-18-6-8-19(9-7-18)14-17-4-3-5-17;1-2-6-3-4-8-7(9)5-6/h16-18H,3-15H2,1-2H3;3-5H,2H2,1H3,(H,8,9). The summed E-state index contributed by atoms with van der Waals surface area (Å²) in [6, 6.07) is 4.24. The molecular weight excluding hydrogens is 372 g/mol. The zero-order chi connectivity index (χ0) is 21.3. The molecule has 4 rings (SSSR count). The summed E-state index contributed by atoms with van der Waals surface area (Å²) < 4.78 is 0. The number of nitrogens with one attached hydrogen (secondary N) is 1. The zero-order valence-corrected chi connectivity index (χ0v) is 19.6. The number of nitrogens with zero attached hydrogens (tertiary/aromatic N) is 3. The maximum Gasteiger partial charge on any atom is 0.248 e. The highest BCUT2D eigenvalue weighted by Crippen LogP contribution is 2.29. The molecule has 1 aromatic rings. The van der Waals surface area contributed by atoms with Crippen LogP contribution in [0.25, 0.3) is 0 Å². The fourth-order valence-electron chi connectivity index (χ4n) is 4.93. The largest absolute Gasteiger partial charge is 0.329 e. The van der Waals surface area contributed by atoms with E-state index in [9.17, 15) is 4.79 Å². The van der Waals surface area contributed by atoms with Gasteiger partial charge in [0.25, 0.3) is 0 Å². The molecule has 3 aliphatic rings. The number of aryl methyl sites for hydroxylation is 1. The van der Waals surface area contributed by atoms with Gasteiger partial charge in [0.1, 0.15) is 0 Å². The van der Waals surface area contributed by atoms with Crippen LogP contribution in [0, 0.1) is 11.8 Å². The lowest BCUT2D eigenvalue weighted by Gasteiger charge is -2.41. The summed E-state index contributed by atoms with van der Waals surface area (Å²) >= 11 is 0. The SMILES string of the molecule is CC(C)N1CCN(CC2CCN(CC3CCC3)CC2)CC1.CCc1cc[nH]c(=O)c1. The minimum atomic E-state index is -0.0191. The predicted molar refractivity (Wildman–Crippen MR) is 126 cm³/mol. The van der Waals surface area contributed by atoms with Crippen molar-refractivity contribution >= 4 is 0 Å². The lowest BCUT2D eigenvalue weighted by atomic mass is 9.84. The Labute approximate surface area is 183 Å². The molecular formula is C25H44N4O. The quantitative estimate of drug-likeness (QED) is 0.771. The van der Waals surface area contributed by atoms with E-state index in [-0.39, 0.29) is 5.56 Å². The van der Waals surface area contributed by atoms with Crippen LogP contribution in [0.3, 0.4) is 0 Å². The first-order valence-corrected chi connectivity index (χ1v) is 12.4. The first-order chi connectivity index (χ1) is 14.5. The minimum absolute atomic E-state index is 0.0191. The Hall–Kier alpha value is -1.17. The molecule has 1 saturated carbocycles. The number of hydrogen-bond acceptors (Lipinski definition) is 4. The van der Waals surface area contributed by atoms with Crippen LogP contribution in [-0.4, -0.2) is 78.1 Å². The van der Waals surface area contributed by atoms with E-state index in [0.29, 0.717) is 0 Å². The van der Waals surface area contributed by atoms with E-state index in [1.54, 1.807) is 12.3 Å². The van der Waals surface area contributed by atoms with Crippen LogP contribution in [0.1, 0.15) is 58.4 Å². The van der Waals surface area contributed by atoms with Gasteiger partial charge in [-0.05, 0) is 82.5 Å². The predicted octanol–water partition coefficient (Wildman–Crippen LogP) is 3.46. The van der Waals surface area contributed by atoms with Crippen LogP contribution in [0.4, 0.5) is 0 Å². The lowest BCUT2D eigenvalue weighted by Crippen LogP contribution is -2.50. The van der Waals surface area contributed by atoms with Crippen molar-refractivity contribution in [2.45, 2.75) is 65.3 Å². The first kappa shape index (κ1) is 23.5. The average molecular weight is 417 g/mol. The molecule has 3 fully saturated rings. The summed E-state index contributed by atoms with van der Waals surface area (Å²) in [4.78, 5) is 21.2. The van der Waals surface area contributed by atoms with Crippen molar-refractivity contribution in [1.82, 2.24) is 19.7 Å². The normalized spacial score (nSPS) is 22.5. The van der Waals surface area contributed by atoms with E-state index in [2.05, 4.69) is 33.5 Å². The van der Waals surface area contributed by atoms with Gasteiger partial charge in [-0.3, -0.25) is 9.69 Å². The van der Waals surface area contributed by atoms with Gasteiger partial charge in [-0.2, -0.15) is 0 Å². The Kier molecular flexibility index (Phi) is 9.41. The van der Waals surface area contributed by atoms with Gasteiger partial charge in [-0.15, -0.1) is 0 Å². The number of hydrogen-bond donors (Lipinski definition) is 1. The van der Waals surface area contributed by atoms with Gasteiger partial charge in [0.2, 0.25) is 5.56 Å². The number of likely N-dealkylation sites (tertiary alicyclic amines) is 1. The second kappa shape index (κ2) is 12.0. The molecule has 0 radical (unpaired) electrons. The van der Waals surface area contributed by atoms with Crippen molar-refractivity contribution in [2.24, 2.45) is 11.8 Å². The Bertz CT molecular complexity index is 653. The number of piperazine rings is 1. The molecule has 0 aromatic carbocycles. The fourth-order valence-corrected chi connectivity index (χ4v) is 4.93.